The first-order chi connectivity index (χ1) is 13.9. The van der Waals surface area contributed by atoms with Crippen molar-refractivity contribution in [3.8, 4) is 11.1 Å². The van der Waals surface area contributed by atoms with E-state index in [1.807, 2.05) is 20.8 Å². The highest BCUT2D eigenvalue weighted by molar-refractivity contribution is 6.23. The molecule has 0 saturated carbocycles. The van der Waals surface area contributed by atoms with Crippen molar-refractivity contribution in [1.29, 1.82) is 0 Å². The predicted octanol–water partition coefficient (Wildman–Crippen LogP) is 4.29. The second-order valence-corrected chi connectivity index (χ2v) is 9.15. The van der Waals surface area contributed by atoms with Gasteiger partial charge in [0.2, 0.25) is 0 Å². The largest absolute Gasteiger partial charge is 0.288 e. The normalized spacial score (nSPS) is 15.1. The highest BCUT2D eigenvalue weighted by atomic mass is 16.2. The van der Waals surface area contributed by atoms with Crippen molar-refractivity contribution >= 4 is 23.6 Å². The van der Waals surface area contributed by atoms with Crippen LogP contribution in [0.5, 0.6) is 0 Å². The summed E-state index contributed by atoms with van der Waals surface area (Å²) in [6.45, 7) is 11.9. The monoisotopic (exact) mass is 406 g/mol. The van der Waals surface area contributed by atoms with Crippen molar-refractivity contribution in [1.82, 2.24) is 10.2 Å². The van der Waals surface area contributed by atoms with Gasteiger partial charge in [-0.1, -0.05) is 32.9 Å². The minimum absolute atomic E-state index is 0.303. The zero-order valence-corrected chi connectivity index (χ0v) is 18.1. The molecule has 1 N–H and O–H groups in total. The van der Waals surface area contributed by atoms with Crippen molar-refractivity contribution in [2.24, 2.45) is 5.92 Å². The molecule has 30 heavy (non-hydrogen) atoms. The summed E-state index contributed by atoms with van der Waals surface area (Å²) in [6, 6.07) is 9.98. The Morgan fingerprint density at radius 3 is 1.67 bits per heavy atom. The van der Waals surface area contributed by atoms with Crippen LogP contribution in [0.25, 0.3) is 11.1 Å². The minimum atomic E-state index is -0.612. The van der Waals surface area contributed by atoms with Gasteiger partial charge < -0.3 is 0 Å². The Bertz CT molecular complexity index is 1070. The number of benzene rings is 2. The maximum atomic E-state index is 12.7. The quantitative estimate of drug-likeness (QED) is 0.716. The van der Waals surface area contributed by atoms with Gasteiger partial charge in [0.25, 0.3) is 23.6 Å². The predicted molar refractivity (Wildman–Crippen MR) is 114 cm³/mol. The van der Waals surface area contributed by atoms with Gasteiger partial charge in [0.1, 0.15) is 0 Å². The highest BCUT2D eigenvalue weighted by Crippen LogP contribution is 2.33. The molecule has 0 bridgehead atoms. The summed E-state index contributed by atoms with van der Waals surface area (Å²) in [5.41, 5.74) is 2.17. The number of nitrogens with zero attached hydrogens (tertiary/aromatic N) is 1. The number of rotatable bonds is 1. The average molecular weight is 406 g/mol. The van der Waals surface area contributed by atoms with Crippen LogP contribution >= 0.6 is 0 Å². The Hall–Kier alpha value is -3.28. The number of carbonyl (C=O) groups excluding carboxylic acids is 4. The van der Waals surface area contributed by atoms with E-state index in [1.54, 1.807) is 36.4 Å². The number of nitrogens with one attached hydrogen (secondary N) is 1. The minimum Gasteiger partial charge on any atom is -0.288 e. The lowest BCUT2D eigenvalue weighted by Crippen LogP contribution is -2.45. The molecule has 0 fully saturated rings. The number of imide groups is 2. The molecule has 2 aliphatic rings. The van der Waals surface area contributed by atoms with E-state index in [4.69, 9.17) is 0 Å². The molecule has 4 amide bonds. The number of amides is 4. The lowest BCUT2D eigenvalue weighted by molar-refractivity contribution is 0.0507. The Labute approximate surface area is 176 Å². The molecular weight excluding hydrogens is 380 g/mol. The van der Waals surface area contributed by atoms with E-state index < -0.39 is 17.4 Å². The van der Waals surface area contributed by atoms with Gasteiger partial charge in [-0.2, -0.15) is 0 Å². The van der Waals surface area contributed by atoms with E-state index in [9.17, 15) is 19.2 Å². The van der Waals surface area contributed by atoms with E-state index in [0.29, 0.717) is 33.4 Å². The third-order valence-corrected chi connectivity index (χ3v) is 4.63. The SMILES string of the molecule is CC(C)(C)N1C(=O)c2ccc(-c3ccc4c(c3)C(=O)NC4=O)cc2C1=O.CC(C)C. The van der Waals surface area contributed by atoms with Crippen LogP contribution < -0.4 is 5.32 Å². The molecule has 0 saturated heterocycles. The molecule has 156 valence electrons. The molecule has 2 aromatic carbocycles. The molecule has 6 nitrogen and oxygen atoms in total. The van der Waals surface area contributed by atoms with Gasteiger partial charge in [-0.05, 0) is 62.1 Å². The number of hydrogen-bond acceptors (Lipinski definition) is 4. The van der Waals surface area contributed by atoms with Crippen LogP contribution in [0.2, 0.25) is 0 Å². The Morgan fingerprint density at radius 1 is 0.700 bits per heavy atom. The first-order valence-electron chi connectivity index (χ1n) is 9.95. The summed E-state index contributed by atoms with van der Waals surface area (Å²) >= 11 is 0. The fourth-order valence-electron chi connectivity index (χ4n) is 3.38. The molecule has 6 heteroatoms. The van der Waals surface area contributed by atoms with Gasteiger partial charge in [-0.15, -0.1) is 0 Å². The number of fused-ring (bicyclic) bond motifs is 2. The van der Waals surface area contributed by atoms with E-state index in [-0.39, 0.29) is 11.8 Å². The Morgan fingerprint density at radius 2 is 1.13 bits per heavy atom. The van der Waals surface area contributed by atoms with Crippen LogP contribution in [-0.4, -0.2) is 34.1 Å². The average Bonchev–Trinajstić information content (AvgIpc) is 3.07. The topological polar surface area (TPSA) is 83.6 Å². The van der Waals surface area contributed by atoms with Crippen LogP contribution in [0.1, 0.15) is 83.0 Å². The summed E-state index contributed by atoms with van der Waals surface area (Å²) in [5.74, 6) is -0.637. The van der Waals surface area contributed by atoms with Crippen LogP contribution in [0.4, 0.5) is 0 Å². The van der Waals surface area contributed by atoms with Crippen molar-refractivity contribution in [2.75, 3.05) is 0 Å². The van der Waals surface area contributed by atoms with Crippen molar-refractivity contribution in [2.45, 2.75) is 47.1 Å². The molecule has 0 atom stereocenters. The first-order valence-corrected chi connectivity index (χ1v) is 9.95. The fraction of sp³-hybridized carbons (Fsp3) is 0.333. The van der Waals surface area contributed by atoms with Gasteiger partial charge in [0.05, 0.1) is 22.3 Å². The molecule has 2 aromatic rings. The van der Waals surface area contributed by atoms with E-state index >= 15 is 0 Å². The second kappa shape index (κ2) is 7.52. The lowest BCUT2D eigenvalue weighted by atomic mass is 9.97. The van der Waals surface area contributed by atoms with Gasteiger partial charge in [-0.3, -0.25) is 29.4 Å². The molecule has 0 spiro atoms. The zero-order valence-electron chi connectivity index (χ0n) is 18.1. The maximum absolute atomic E-state index is 12.7. The molecule has 0 radical (unpaired) electrons. The smallest absolute Gasteiger partial charge is 0.262 e. The molecule has 0 unspecified atom stereocenters. The molecule has 4 rings (SSSR count). The van der Waals surface area contributed by atoms with Crippen LogP contribution in [0, 0.1) is 5.92 Å². The van der Waals surface area contributed by atoms with Gasteiger partial charge >= 0.3 is 0 Å². The molecule has 0 aliphatic carbocycles. The maximum Gasteiger partial charge on any atom is 0.262 e. The third kappa shape index (κ3) is 3.77. The third-order valence-electron chi connectivity index (χ3n) is 4.63. The summed E-state index contributed by atoms with van der Waals surface area (Å²) in [4.78, 5) is 50.0. The summed E-state index contributed by atoms with van der Waals surface area (Å²) in [6.07, 6.45) is 0. The Balaban J connectivity index is 0.000000589. The van der Waals surface area contributed by atoms with Crippen molar-refractivity contribution < 1.29 is 19.2 Å². The van der Waals surface area contributed by atoms with Crippen LogP contribution in [0.15, 0.2) is 36.4 Å². The van der Waals surface area contributed by atoms with E-state index in [0.717, 1.165) is 5.92 Å². The standard InChI is InChI=1S/C20H16N2O4.C4H10/c1-20(2,3)22-18(25)13-7-5-11(9-15(13)19(22)26)10-4-6-12-14(8-10)17(24)21-16(12)23;1-4(2)3/h4-9H,1-3H3,(H,21,23,24);4H,1-3H3. The number of carbonyl (C=O) groups is 4. The number of hydrogen-bond donors (Lipinski definition) is 1. The second-order valence-electron chi connectivity index (χ2n) is 9.15. The lowest BCUT2D eigenvalue weighted by Gasteiger charge is -2.29. The molecule has 2 heterocycles. The summed E-state index contributed by atoms with van der Waals surface area (Å²) in [5, 5.41) is 2.25. The molecule has 2 aliphatic heterocycles. The van der Waals surface area contributed by atoms with E-state index in [1.165, 1.54) is 4.90 Å². The van der Waals surface area contributed by atoms with Gasteiger partial charge in [0, 0.05) is 5.54 Å². The zero-order chi connectivity index (χ0) is 22.4. The first kappa shape index (κ1) is 21.4. The highest BCUT2D eigenvalue weighted by Gasteiger charge is 2.41. The van der Waals surface area contributed by atoms with Crippen molar-refractivity contribution in [3.63, 3.8) is 0 Å². The molecule has 0 aromatic heterocycles. The fourth-order valence-corrected chi connectivity index (χ4v) is 3.38. The van der Waals surface area contributed by atoms with Gasteiger partial charge in [-0.25, -0.2) is 0 Å². The summed E-state index contributed by atoms with van der Waals surface area (Å²) in [7, 11) is 0. The van der Waals surface area contributed by atoms with Gasteiger partial charge in [0.15, 0.2) is 0 Å². The van der Waals surface area contributed by atoms with Crippen LogP contribution in [0.3, 0.4) is 0 Å². The van der Waals surface area contributed by atoms with E-state index in [2.05, 4.69) is 26.1 Å². The molecular formula is C24H26N2O4. The summed E-state index contributed by atoms with van der Waals surface area (Å²) < 4.78 is 0. The Kier molecular flexibility index (Phi) is 5.37. The van der Waals surface area contributed by atoms with Crippen LogP contribution in [-0.2, 0) is 0 Å². The van der Waals surface area contributed by atoms with Crippen molar-refractivity contribution in [3.05, 3.63) is 58.7 Å².